The molecule has 3 rings (SSSR count). The second-order valence-corrected chi connectivity index (χ2v) is 8.20. The molecule has 6 nitrogen and oxygen atoms in total. The first-order valence-corrected chi connectivity index (χ1v) is 10.2. The summed E-state index contributed by atoms with van der Waals surface area (Å²) in [6.07, 6.45) is 2.45. The van der Waals surface area contributed by atoms with Gasteiger partial charge in [-0.05, 0) is 60.9 Å². The normalized spacial score (nSPS) is 13.8. The van der Waals surface area contributed by atoms with Crippen LogP contribution >= 0.6 is 0 Å². The second-order valence-electron chi connectivity index (χ2n) is 6.29. The molecule has 27 heavy (non-hydrogen) atoms. The van der Waals surface area contributed by atoms with Gasteiger partial charge in [-0.25, -0.2) is 17.6 Å². The molecule has 0 N–H and O–H groups in total. The monoisotopic (exact) mass is 391 g/mol. The predicted molar refractivity (Wildman–Crippen MR) is 98.0 cm³/mol. The Morgan fingerprint density at radius 2 is 1.78 bits per heavy atom. The minimum absolute atomic E-state index is 0.246. The van der Waals surface area contributed by atoms with Crippen molar-refractivity contribution in [2.45, 2.75) is 12.8 Å². The van der Waals surface area contributed by atoms with E-state index in [2.05, 4.69) is 0 Å². The molecular formula is C19H18FNO5S. The quantitative estimate of drug-likeness (QED) is 0.578. The zero-order valence-electron chi connectivity index (χ0n) is 14.6. The molecule has 2 aromatic rings. The van der Waals surface area contributed by atoms with Gasteiger partial charge in [-0.3, -0.25) is 9.10 Å². The molecule has 1 aliphatic rings. The summed E-state index contributed by atoms with van der Waals surface area (Å²) < 4.78 is 43.0. The van der Waals surface area contributed by atoms with Gasteiger partial charge in [-0.2, -0.15) is 0 Å². The van der Waals surface area contributed by atoms with Crippen LogP contribution in [0.2, 0.25) is 0 Å². The number of carbonyl (C=O) groups excluding carboxylic acids is 2. The lowest BCUT2D eigenvalue weighted by molar-refractivity contribution is 0.0474. The first-order valence-electron chi connectivity index (χ1n) is 8.32. The van der Waals surface area contributed by atoms with Gasteiger partial charge in [0.05, 0.1) is 17.5 Å². The van der Waals surface area contributed by atoms with Crippen LogP contribution in [0.4, 0.5) is 10.1 Å². The summed E-state index contributed by atoms with van der Waals surface area (Å²) in [6.45, 7) is -0.0567. The first kappa shape index (κ1) is 19.0. The number of esters is 1. The van der Waals surface area contributed by atoms with E-state index in [4.69, 9.17) is 4.74 Å². The van der Waals surface area contributed by atoms with Crippen molar-refractivity contribution in [3.63, 3.8) is 0 Å². The van der Waals surface area contributed by atoms with Gasteiger partial charge in [0.1, 0.15) is 5.82 Å². The Labute approximate surface area is 156 Å². The van der Waals surface area contributed by atoms with Gasteiger partial charge in [-0.15, -0.1) is 0 Å². The molecule has 1 heterocycles. The van der Waals surface area contributed by atoms with Crippen molar-refractivity contribution in [3.8, 4) is 0 Å². The van der Waals surface area contributed by atoms with Gasteiger partial charge in [-0.1, -0.05) is 0 Å². The molecule has 142 valence electrons. The van der Waals surface area contributed by atoms with E-state index in [0.29, 0.717) is 25.1 Å². The third-order valence-corrected chi connectivity index (χ3v) is 5.47. The van der Waals surface area contributed by atoms with Gasteiger partial charge in [0.15, 0.2) is 12.4 Å². The average molecular weight is 391 g/mol. The van der Waals surface area contributed by atoms with Crippen molar-refractivity contribution < 1.29 is 27.1 Å². The van der Waals surface area contributed by atoms with Crippen molar-refractivity contribution >= 4 is 27.5 Å². The van der Waals surface area contributed by atoms with Crippen LogP contribution in [-0.2, 0) is 21.2 Å². The number of anilines is 1. The van der Waals surface area contributed by atoms with Crippen molar-refractivity contribution in [2.24, 2.45) is 0 Å². The van der Waals surface area contributed by atoms with E-state index in [1.165, 1.54) is 22.5 Å². The Morgan fingerprint density at radius 1 is 1.11 bits per heavy atom. The Bertz CT molecular complexity index is 986. The van der Waals surface area contributed by atoms with Crippen molar-refractivity contribution in [1.29, 1.82) is 0 Å². The van der Waals surface area contributed by atoms with E-state index in [1.807, 2.05) is 0 Å². The number of Topliss-reactive ketones (excluding diaryl/α,β-unsaturated/α-hetero) is 1. The minimum Gasteiger partial charge on any atom is -0.454 e. The number of nitrogens with zero attached hydrogens (tertiary/aromatic N) is 1. The van der Waals surface area contributed by atoms with Gasteiger partial charge in [0, 0.05) is 12.1 Å². The molecule has 8 heteroatoms. The molecule has 1 aliphatic heterocycles. The lowest BCUT2D eigenvalue weighted by atomic mass is 10.0. The number of ether oxygens (including phenoxy) is 1. The minimum atomic E-state index is -3.38. The fourth-order valence-electron chi connectivity index (χ4n) is 2.97. The van der Waals surface area contributed by atoms with Crippen molar-refractivity contribution in [2.75, 3.05) is 23.7 Å². The zero-order valence-corrected chi connectivity index (χ0v) is 15.5. The van der Waals surface area contributed by atoms with Gasteiger partial charge in [0.25, 0.3) is 0 Å². The van der Waals surface area contributed by atoms with Crippen LogP contribution in [0, 0.1) is 5.82 Å². The summed E-state index contributed by atoms with van der Waals surface area (Å²) in [5.74, 6) is -1.57. The summed E-state index contributed by atoms with van der Waals surface area (Å²) in [5, 5.41) is 0. The highest BCUT2D eigenvalue weighted by Gasteiger charge is 2.25. The first-order chi connectivity index (χ1) is 12.8. The number of hydrogen-bond acceptors (Lipinski definition) is 5. The summed E-state index contributed by atoms with van der Waals surface area (Å²) in [4.78, 5) is 24.2. The third kappa shape index (κ3) is 4.33. The molecule has 0 aromatic heterocycles. The molecule has 0 radical (unpaired) electrons. The molecule has 0 saturated heterocycles. The Morgan fingerprint density at radius 3 is 2.44 bits per heavy atom. The smallest absolute Gasteiger partial charge is 0.338 e. The molecule has 0 amide bonds. The number of sulfonamides is 1. The van der Waals surface area contributed by atoms with E-state index in [1.54, 1.807) is 12.1 Å². The average Bonchev–Trinajstić information content (AvgIpc) is 2.64. The third-order valence-electron chi connectivity index (χ3n) is 4.29. The van der Waals surface area contributed by atoms with Crippen LogP contribution in [0.5, 0.6) is 0 Å². The molecule has 0 spiro atoms. The molecule has 0 saturated carbocycles. The number of hydrogen-bond donors (Lipinski definition) is 0. The van der Waals surface area contributed by atoms with E-state index in [-0.39, 0.29) is 11.1 Å². The second kappa shape index (κ2) is 7.48. The SMILES string of the molecule is CS(=O)(=O)N1CCCc2cc(C(=O)OCC(=O)c3ccc(F)cc3)ccc21. The molecule has 0 fully saturated rings. The van der Waals surface area contributed by atoms with Crippen LogP contribution < -0.4 is 4.31 Å². The van der Waals surface area contributed by atoms with Crippen molar-refractivity contribution in [3.05, 3.63) is 65.0 Å². The lowest BCUT2D eigenvalue weighted by Crippen LogP contribution is -2.34. The van der Waals surface area contributed by atoms with Gasteiger partial charge in [0.2, 0.25) is 10.0 Å². The fraction of sp³-hybridized carbons (Fsp3) is 0.263. The summed E-state index contributed by atoms with van der Waals surface area (Å²) in [6, 6.07) is 9.62. The Balaban J connectivity index is 1.71. The number of aryl methyl sites for hydroxylation is 1. The number of benzene rings is 2. The lowest BCUT2D eigenvalue weighted by Gasteiger charge is -2.29. The molecule has 0 aliphatic carbocycles. The van der Waals surface area contributed by atoms with Gasteiger partial charge < -0.3 is 4.74 Å². The van der Waals surface area contributed by atoms with E-state index in [0.717, 1.165) is 24.0 Å². The van der Waals surface area contributed by atoms with Crippen LogP contribution in [0.3, 0.4) is 0 Å². The highest BCUT2D eigenvalue weighted by Crippen LogP contribution is 2.30. The molecule has 0 unspecified atom stereocenters. The molecule has 0 atom stereocenters. The largest absolute Gasteiger partial charge is 0.454 e. The summed E-state index contributed by atoms with van der Waals surface area (Å²) in [5.41, 5.74) is 1.79. The van der Waals surface area contributed by atoms with Crippen LogP contribution in [-0.4, -0.2) is 39.6 Å². The fourth-order valence-corrected chi connectivity index (χ4v) is 3.96. The highest BCUT2D eigenvalue weighted by molar-refractivity contribution is 7.92. The predicted octanol–water partition coefficient (Wildman–Crippen LogP) is 2.58. The maximum Gasteiger partial charge on any atom is 0.338 e. The highest BCUT2D eigenvalue weighted by atomic mass is 32.2. The number of halogens is 1. The number of rotatable bonds is 5. The zero-order chi connectivity index (χ0) is 19.6. The van der Waals surface area contributed by atoms with Crippen LogP contribution in [0.1, 0.15) is 32.7 Å². The molecule has 0 bridgehead atoms. The van der Waals surface area contributed by atoms with Crippen LogP contribution in [0.15, 0.2) is 42.5 Å². The van der Waals surface area contributed by atoms with Crippen LogP contribution in [0.25, 0.3) is 0 Å². The maximum atomic E-state index is 12.9. The number of fused-ring (bicyclic) bond motifs is 1. The maximum absolute atomic E-state index is 12.9. The number of ketones is 1. The summed E-state index contributed by atoms with van der Waals surface area (Å²) >= 11 is 0. The van der Waals surface area contributed by atoms with Crippen molar-refractivity contribution in [1.82, 2.24) is 0 Å². The molecule has 2 aromatic carbocycles. The summed E-state index contributed by atoms with van der Waals surface area (Å²) in [7, 11) is -3.38. The Hall–Kier alpha value is -2.74. The molecular weight excluding hydrogens is 373 g/mol. The Kier molecular flexibility index (Phi) is 5.27. The van der Waals surface area contributed by atoms with Gasteiger partial charge >= 0.3 is 5.97 Å². The number of carbonyl (C=O) groups is 2. The van der Waals surface area contributed by atoms with E-state index in [9.17, 15) is 22.4 Å². The topological polar surface area (TPSA) is 80.8 Å². The standard InChI is InChI=1S/C19H18FNO5S/c1-27(24,25)21-10-2-3-14-11-15(6-9-17(14)21)19(23)26-12-18(22)13-4-7-16(20)8-5-13/h4-9,11H,2-3,10,12H2,1H3. The van der Waals surface area contributed by atoms with E-state index >= 15 is 0 Å². The van der Waals surface area contributed by atoms with E-state index < -0.39 is 34.2 Å².